The third kappa shape index (κ3) is 5.72. The summed E-state index contributed by atoms with van der Waals surface area (Å²) >= 11 is 0. The molecular formula is C18H28IN5O3. The molecule has 8 nitrogen and oxygen atoms in total. The number of guanidine groups is 1. The van der Waals surface area contributed by atoms with Crippen molar-refractivity contribution in [3.63, 3.8) is 0 Å². The van der Waals surface area contributed by atoms with Gasteiger partial charge in [0.05, 0.1) is 25.9 Å². The van der Waals surface area contributed by atoms with E-state index < -0.39 is 5.97 Å². The zero-order valence-electron chi connectivity index (χ0n) is 16.7. The normalized spacial score (nSPS) is 11.1. The number of furan rings is 1. The van der Waals surface area contributed by atoms with Crippen LogP contribution in [0, 0.1) is 20.8 Å². The summed E-state index contributed by atoms with van der Waals surface area (Å²) in [5, 5.41) is 10.8. The number of methoxy groups -OCH3 is 1. The predicted octanol–water partition coefficient (Wildman–Crippen LogP) is 2.60. The zero-order valence-corrected chi connectivity index (χ0v) is 19.0. The summed E-state index contributed by atoms with van der Waals surface area (Å²) in [6, 6.07) is 1.69. The van der Waals surface area contributed by atoms with E-state index in [1.165, 1.54) is 7.11 Å². The van der Waals surface area contributed by atoms with Crippen LogP contribution >= 0.6 is 24.0 Å². The lowest BCUT2D eigenvalue weighted by Crippen LogP contribution is -2.36. The first-order valence-corrected chi connectivity index (χ1v) is 8.56. The second-order valence-electron chi connectivity index (χ2n) is 6.00. The average molecular weight is 489 g/mol. The Morgan fingerprint density at radius 3 is 2.59 bits per heavy atom. The van der Waals surface area contributed by atoms with Gasteiger partial charge in [-0.1, -0.05) is 0 Å². The highest BCUT2D eigenvalue weighted by Crippen LogP contribution is 2.16. The monoisotopic (exact) mass is 489 g/mol. The van der Waals surface area contributed by atoms with Gasteiger partial charge in [0.2, 0.25) is 0 Å². The maximum Gasteiger partial charge on any atom is 0.341 e. The van der Waals surface area contributed by atoms with Crippen molar-refractivity contribution in [1.29, 1.82) is 0 Å². The van der Waals surface area contributed by atoms with E-state index in [0.29, 0.717) is 36.1 Å². The molecule has 0 atom stereocenters. The van der Waals surface area contributed by atoms with Gasteiger partial charge in [0.25, 0.3) is 0 Å². The van der Waals surface area contributed by atoms with Crippen molar-refractivity contribution in [1.82, 2.24) is 20.4 Å². The first kappa shape index (κ1) is 23.0. The molecule has 2 heterocycles. The van der Waals surface area contributed by atoms with Crippen molar-refractivity contribution in [3.05, 3.63) is 40.1 Å². The third-order valence-corrected chi connectivity index (χ3v) is 4.20. The van der Waals surface area contributed by atoms with Crippen molar-refractivity contribution < 1.29 is 13.9 Å². The number of aliphatic imine (C=N–C) groups is 1. The van der Waals surface area contributed by atoms with Crippen LogP contribution in [0.1, 0.15) is 45.8 Å². The van der Waals surface area contributed by atoms with Crippen LogP contribution in [-0.2, 0) is 24.9 Å². The van der Waals surface area contributed by atoms with Gasteiger partial charge < -0.3 is 19.8 Å². The molecule has 0 aromatic carbocycles. The Morgan fingerprint density at radius 2 is 2.04 bits per heavy atom. The summed E-state index contributed by atoms with van der Waals surface area (Å²) in [4.78, 5) is 16.3. The number of esters is 1. The number of aryl methyl sites for hydroxylation is 3. The number of hydrogen-bond acceptors (Lipinski definition) is 5. The fourth-order valence-electron chi connectivity index (χ4n) is 2.66. The Hall–Kier alpha value is -2.04. The Morgan fingerprint density at radius 1 is 1.33 bits per heavy atom. The van der Waals surface area contributed by atoms with Crippen LogP contribution in [0.2, 0.25) is 0 Å². The van der Waals surface area contributed by atoms with Crippen molar-refractivity contribution >= 4 is 35.9 Å². The molecular weight excluding hydrogens is 461 g/mol. The molecule has 0 aliphatic carbocycles. The molecule has 0 bridgehead atoms. The number of carbonyl (C=O) groups excluding carboxylic acids is 1. The van der Waals surface area contributed by atoms with Gasteiger partial charge in [0.15, 0.2) is 5.96 Å². The number of hydrogen-bond donors (Lipinski definition) is 2. The molecule has 2 rings (SSSR count). The van der Waals surface area contributed by atoms with E-state index >= 15 is 0 Å². The lowest BCUT2D eigenvalue weighted by Gasteiger charge is -2.10. The summed E-state index contributed by atoms with van der Waals surface area (Å²) in [6.45, 7) is 9.44. The molecule has 0 aliphatic heterocycles. The third-order valence-electron chi connectivity index (χ3n) is 4.20. The van der Waals surface area contributed by atoms with Gasteiger partial charge in [-0.3, -0.25) is 4.68 Å². The summed E-state index contributed by atoms with van der Waals surface area (Å²) in [5.74, 6) is 1.45. The molecule has 0 amide bonds. The minimum atomic E-state index is -0.402. The largest absolute Gasteiger partial charge is 0.465 e. The Balaban J connectivity index is 0.00000364. The van der Waals surface area contributed by atoms with E-state index in [9.17, 15) is 4.79 Å². The summed E-state index contributed by atoms with van der Waals surface area (Å²) in [7, 11) is 3.28. The van der Waals surface area contributed by atoms with Crippen LogP contribution in [0.15, 0.2) is 15.5 Å². The molecule has 0 saturated heterocycles. The standard InChI is InChI=1S/C18H27N5O3.HI/c1-7-19-18(21-10-16-11(2)22-23(5)12(16)3)20-9-14-8-15(13(4)26-14)17(24)25-6;/h8H,7,9-10H2,1-6H3,(H2,19,20,21);1H. The molecule has 0 saturated carbocycles. The van der Waals surface area contributed by atoms with Gasteiger partial charge >= 0.3 is 5.97 Å². The highest BCUT2D eigenvalue weighted by Gasteiger charge is 2.15. The van der Waals surface area contributed by atoms with Crippen molar-refractivity contribution in [2.45, 2.75) is 40.8 Å². The molecule has 0 radical (unpaired) electrons. The van der Waals surface area contributed by atoms with Gasteiger partial charge in [-0.15, -0.1) is 24.0 Å². The quantitative estimate of drug-likeness (QED) is 0.281. The summed E-state index contributed by atoms with van der Waals surface area (Å²) in [5.41, 5.74) is 3.64. The Kier molecular flexibility index (Phi) is 8.80. The molecule has 0 unspecified atom stereocenters. The van der Waals surface area contributed by atoms with Crippen molar-refractivity contribution in [3.8, 4) is 0 Å². The molecule has 0 aliphatic rings. The maximum absolute atomic E-state index is 11.7. The summed E-state index contributed by atoms with van der Waals surface area (Å²) < 4.78 is 12.2. The molecule has 2 aromatic rings. The second kappa shape index (κ2) is 10.3. The lowest BCUT2D eigenvalue weighted by atomic mass is 10.2. The van der Waals surface area contributed by atoms with E-state index in [1.54, 1.807) is 13.0 Å². The highest BCUT2D eigenvalue weighted by atomic mass is 127. The first-order chi connectivity index (χ1) is 12.4. The van der Waals surface area contributed by atoms with E-state index in [0.717, 1.165) is 23.5 Å². The highest BCUT2D eigenvalue weighted by molar-refractivity contribution is 14.0. The number of nitrogens with one attached hydrogen (secondary N) is 2. The molecule has 2 N–H and O–H groups in total. The zero-order chi connectivity index (χ0) is 19.3. The van der Waals surface area contributed by atoms with E-state index in [-0.39, 0.29) is 24.0 Å². The van der Waals surface area contributed by atoms with E-state index in [1.807, 2.05) is 32.5 Å². The molecule has 0 fully saturated rings. The number of nitrogens with zero attached hydrogens (tertiary/aromatic N) is 3. The topological polar surface area (TPSA) is 93.7 Å². The fraction of sp³-hybridized carbons (Fsp3) is 0.500. The number of halogens is 1. The number of ether oxygens (including phenoxy) is 1. The van der Waals surface area contributed by atoms with E-state index in [2.05, 4.69) is 20.7 Å². The Labute approximate surface area is 176 Å². The lowest BCUT2D eigenvalue weighted by molar-refractivity contribution is 0.0599. The minimum Gasteiger partial charge on any atom is -0.465 e. The van der Waals surface area contributed by atoms with Gasteiger partial charge in [0.1, 0.15) is 17.1 Å². The molecule has 2 aromatic heterocycles. The molecule has 0 spiro atoms. The molecule has 150 valence electrons. The van der Waals surface area contributed by atoms with Crippen molar-refractivity contribution in [2.75, 3.05) is 13.7 Å². The number of aromatic nitrogens is 2. The maximum atomic E-state index is 11.7. The van der Waals surface area contributed by atoms with Crippen LogP contribution in [0.25, 0.3) is 0 Å². The van der Waals surface area contributed by atoms with Crippen molar-refractivity contribution in [2.24, 2.45) is 12.0 Å². The minimum absolute atomic E-state index is 0. The number of carbonyl (C=O) groups is 1. The molecule has 9 heteroatoms. The van der Waals surface area contributed by atoms with Gasteiger partial charge in [-0.25, -0.2) is 9.79 Å². The Bertz CT molecular complexity index is 810. The van der Waals surface area contributed by atoms with Gasteiger partial charge in [-0.2, -0.15) is 5.10 Å². The van der Waals surface area contributed by atoms with Crippen LogP contribution in [-0.4, -0.2) is 35.4 Å². The van der Waals surface area contributed by atoms with Crippen LogP contribution in [0.3, 0.4) is 0 Å². The van der Waals surface area contributed by atoms with E-state index in [4.69, 9.17) is 9.15 Å². The van der Waals surface area contributed by atoms with Crippen LogP contribution < -0.4 is 10.6 Å². The van der Waals surface area contributed by atoms with Crippen LogP contribution in [0.4, 0.5) is 0 Å². The smallest absolute Gasteiger partial charge is 0.341 e. The van der Waals surface area contributed by atoms with Gasteiger partial charge in [0, 0.05) is 24.8 Å². The first-order valence-electron chi connectivity index (χ1n) is 8.56. The average Bonchev–Trinajstić information content (AvgIpc) is 3.09. The molecule has 27 heavy (non-hydrogen) atoms. The fourth-order valence-corrected chi connectivity index (χ4v) is 2.66. The SMILES string of the molecule is CCNC(=NCc1c(C)nn(C)c1C)NCc1cc(C(=O)OC)c(C)o1.I. The van der Waals surface area contributed by atoms with Crippen LogP contribution in [0.5, 0.6) is 0 Å². The number of rotatable bonds is 6. The summed E-state index contributed by atoms with van der Waals surface area (Å²) in [6.07, 6.45) is 0. The van der Waals surface area contributed by atoms with Gasteiger partial charge in [-0.05, 0) is 33.8 Å². The second-order valence-corrected chi connectivity index (χ2v) is 6.00. The predicted molar refractivity (Wildman–Crippen MR) is 115 cm³/mol.